The van der Waals surface area contributed by atoms with E-state index in [0.717, 1.165) is 25.7 Å². The Labute approximate surface area is 130 Å². The monoisotopic (exact) mass is 298 g/mol. The molecule has 0 aromatic carbocycles. The third kappa shape index (κ3) is 15.4. The predicted octanol–water partition coefficient (Wildman–Crippen LogP) is 5.08. The number of carboxylic acids is 1. The van der Waals surface area contributed by atoms with Crippen molar-refractivity contribution in [2.45, 2.75) is 96.5 Å². The largest absolute Gasteiger partial charge is 0.479 e. The SMILES string of the molecule is CC/C=C\CCCCCCCCCCCCC(O)C(=O)O. The van der Waals surface area contributed by atoms with E-state index in [1.54, 1.807) is 0 Å². The van der Waals surface area contributed by atoms with Crippen LogP contribution in [0, 0.1) is 0 Å². The number of allylic oxidation sites excluding steroid dienone is 2. The summed E-state index contributed by atoms with van der Waals surface area (Å²) < 4.78 is 0. The van der Waals surface area contributed by atoms with Crippen LogP contribution in [0.5, 0.6) is 0 Å². The lowest BCUT2D eigenvalue weighted by Gasteiger charge is -2.05. The highest BCUT2D eigenvalue weighted by Gasteiger charge is 2.11. The van der Waals surface area contributed by atoms with Crippen LogP contribution in [-0.2, 0) is 4.79 Å². The van der Waals surface area contributed by atoms with Gasteiger partial charge in [0.25, 0.3) is 0 Å². The molecule has 124 valence electrons. The standard InChI is InChI=1S/C18H34O3/c1-2-3-4-5-6-7-8-9-10-11-12-13-14-15-16-17(19)18(20)21/h3-4,17,19H,2,5-16H2,1H3,(H,20,21)/b4-3-. The number of aliphatic hydroxyl groups excluding tert-OH is 1. The molecule has 0 aromatic rings. The van der Waals surface area contributed by atoms with Gasteiger partial charge in [0.1, 0.15) is 0 Å². The zero-order valence-corrected chi connectivity index (χ0v) is 13.7. The van der Waals surface area contributed by atoms with Gasteiger partial charge in [0.05, 0.1) is 0 Å². The second-order valence-electron chi connectivity index (χ2n) is 5.85. The highest BCUT2D eigenvalue weighted by Crippen LogP contribution is 2.12. The molecule has 0 fully saturated rings. The number of hydrogen-bond donors (Lipinski definition) is 2. The smallest absolute Gasteiger partial charge is 0.332 e. The molecule has 0 bridgehead atoms. The lowest BCUT2D eigenvalue weighted by atomic mass is 10.0. The van der Waals surface area contributed by atoms with Crippen LogP contribution in [-0.4, -0.2) is 22.3 Å². The Hall–Kier alpha value is -0.830. The molecule has 0 saturated heterocycles. The molecule has 0 rings (SSSR count). The van der Waals surface area contributed by atoms with Gasteiger partial charge in [-0.05, 0) is 25.7 Å². The van der Waals surface area contributed by atoms with Crippen LogP contribution in [0.25, 0.3) is 0 Å². The van der Waals surface area contributed by atoms with E-state index in [1.807, 2.05) is 0 Å². The Balaban J connectivity index is 3.09. The summed E-state index contributed by atoms with van der Waals surface area (Å²) >= 11 is 0. The van der Waals surface area contributed by atoms with Crippen LogP contribution in [0.1, 0.15) is 90.4 Å². The average Bonchev–Trinajstić information content (AvgIpc) is 2.47. The first-order valence-electron chi connectivity index (χ1n) is 8.74. The van der Waals surface area contributed by atoms with Crippen molar-refractivity contribution in [3.63, 3.8) is 0 Å². The number of carboxylic acid groups (broad SMARTS) is 1. The highest BCUT2D eigenvalue weighted by atomic mass is 16.4. The Morgan fingerprint density at radius 3 is 1.81 bits per heavy atom. The van der Waals surface area contributed by atoms with Crippen LogP contribution >= 0.6 is 0 Å². The molecule has 1 atom stereocenters. The van der Waals surface area contributed by atoms with Crippen molar-refractivity contribution >= 4 is 5.97 Å². The Morgan fingerprint density at radius 2 is 1.33 bits per heavy atom. The number of carbonyl (C=O) groups is 1. The molecule has 0 aliphatic rings. The van der Waals surface area contributed by atoms with Crippen molar-refractivity contribution in [2.75, 3.05) is 0 Å². The molecule has 21 heavy (non-hydrogen) atoms. The summed E-state index contributed by atoms with van der Waals surface area (Å²) in [6.45, 7) is 2.17. The summed E-state index contributed by atoms with van der Waals surface area (Å²) in [5, 5.41) is 17.6. The summed E-state index contributed by atoms with van der Waals surface area (Å²) in [7, 11) is 0. The summed E-state index contributed by atoms with van der Waals surface area (Å²) in [4.78, 5) is 10.4. The van der Waals surface area contributed by atoms with Crippen molar-refractivity contribution in [1.29, 1.82) is 0 Å². The Bertz CT molecular complexity index is 261. The summed E-state index contributed by atoms with van der Waals surface area (Å²) in [6.07, 6.45) is 18.4. The third-order valence-electron chi connectivity index (χ3n) is 3.79. The van der Waals surface area contributed by atoms with Gasteiger partial charge >= 0.3 is 5.97 Å². The van der Waals surface area contributed by atoms with E-state index in [0.29, 0.717) is 6.42 Å². The predicted molar refractivity (Wildman–Crippen MR) is 88.5 cm³/mol. The van der Waals surface area contributed by atoms with Crippen LogP contribution in [0.2, 0.25) is 0 Å². The molecule has 0 aliphatic heterocycles. The zero-order valence-electron chi connectivity index (χ0n) is 13.7. The van der Waals surface area contributed by atoms with Crippen molar-refractivity contribution in [3.05, 3.63) is 12.2 Å². The number of rotatable bonds is 15. The van der Waals surface area contributed by atoms with Crippen molar-refractivity contribution in [3.8, 4) is 0 Å². The normalized spacial score (nSPS) is 12.9. The molecular weight excluding hydrogens is 264 g/mol. The van der Waals surface area contributed by atoms with Gasteiger partial charge in [0.2, 0.25) is 0 Å². The second kappa shape index (κ2) is 15.6. The molecule has 0 amide bonds. The molecule has 1 unspecified atom stereocenters. The quantitative estimate of drug-likeness (QED) is 0.327. The van der Waals surface area contributed by atoms with E-state index in [4.69, 9.17) is 10.2 Å². The van der Waals surface area contributed by atoms with Crippen LogP contribution < -0.4 is 0 Å². The number of aliphatic carboxylic acids is 1. The van der Waals surface area contributed by atoms with Gasteiger partial charge < -0.3 is 10.2 Å². The van der Waals surface area contributed by atoms with Gasteiger partial charge in [-0.15, -0.1) is 0 Å². The third-order valence-corrected chi connectivity index (χ3v) is 3.79. The maximum absolute atomic E-state index is 10.4. The highest BCUT2D eigenvalue weighted by molar-refractivity contribution is 5.71. The number of hydrogen-bond acceptors (Lipinski definition) is 2. The minimum absolute atomic E-state index is 0.391. The molecule has 0 heterocycles. The fourth-order valence-electron chi connectivity index (χ4n) is 2.42. The topological polar surface area (TPSA) is 57.5 Å². The molecule has 0 saturated carbocycles. The van der Waals surface area contributed by atoms with Gasteiger partial charge in [-0.1, -0.05) is 76.9 Å². The lowest BCUT2D eigenvalue weighted by Crippen LogP contribution is -2.18. The minimum atomic E-state index is -1.17. The van der Waals surface area contributed by atoms with E-state index in [2.05, 4.69) is 19.1 Å². The fourth-order valence-corrected chi connectivity index (χ4v) is 2.42. The van der Waals surface area contributed by atoms with Gasteiger partial charge in [0.15, 0.2) is 6.10 Å². The van der Waals surface area contributed by atoms with Crippen LogP contribution in [0.4, 0.5) is 0 Å². The first-order valence-corrected chi connectivity index (χ1v) is 8.74. The lowest BCUT2D eigenvalue weighted by molar-refractivity contribution is -0.146. The van der Waals surface area contributed by atoms with E-state index in [-0.39, 0.29) is 0 Å². The molecule has 0 radical (unpaired) electrons. The van der Waals surface area contributed by atoms with Gasteiger partial charge in [0, 0.05) is 0 Å². The minimum Gasteiger partial charge on any atom is -0.479 e. The van der Waals surface area contributed by atoms with Gasteiger partial charge in [-0.3, -0.25) is 0 Å². The van der Waals surface area contributed by atoms with E-state index in [1.165, 1.54) is 51.4 Å². The fraction of sp³-hybridized carbons (Fsp3) is 0.833. The summed E-state index contributed by atoms with van der Waals surface area (Å²) in [5.74, 6) is -1.10. The molecular formula is C18H34O3. The first kappa shape index (κ1) is 20.2. The summed E-state index contributed by atoms with van der Waals surface area (Å²) in [6, 6.07) is 0. The average molecular weight is 298 g/mol. The molecule has 0 aliphatic carbocycles. The summed E-state index contributed by atoms with van der Waals surface area (Å²) in [5.41, 5.74) is 0. The molecule has 3 heteroatoms. The Morgan fingerprint density at radius 1 is 0.857 bits per heavy atom. The van der Waals surface area contributed by atoms with E-state index < -0.39 is 12.1 Å². The maximum Gasteiger partial charge on any atom is 0.332 e. The van der Waals surface area contributed by atoms with E-state index in [9.17, 15) is 4.79 Å². The molecule has 0 spiro atoms. The molecule has 3 nitrogen and oxygen atoms in total. The first-order chi connectivity index (χ1) is 10.2. The Kier molecular flexibility index (Phi) is 14.9. The molecule has 2 N–H and O–H groups in total. The van der Waals surface area contributed by atoms with Crippen molar-refractivity contribution < 1.29 is 15.0 Å². The zero-order chi connectivity index (χ0) is 15.8. The number of unbranched alkanes of at least 4 members (excludes halogenated alkanes) is 10. The van der Waals surface area contributed by atoms with Gasteiger partial charge in [-0.25, -0.2) is 4.79 Å². The molecule has 0 aromatic heterocycles. The van der Waals surface area contributed by atoms with Crippen molar-refractivity contribution in [1.82, 2.24) is 0 Å². The maximum atomic E-state index is 10.4. The van der Waals surface area contributed by atoms with Gasteiger partial charge in [-0.2, -0.15) is 0 Å². The van der Waals surface area contributed by atoms with Crippen LogP contribution in [0.15, 0.2) is 12.2 Å². The van der Waals surface area contributed by atoms with Crippen molar-refractivity contribution in [2.24, 2.45) is 0 Å². The van der Waals surface area contributed by atoms with Crippen LogP contribution in [0.3, 0.4) is 0 Å². The van der Waals surface area contributed by atoms with E-state index >= 15 is 0 Å². The number of aliphatic hydroxyl groups is 1. The second-order valence-corrected chi connectivity index (χ2v) is 5.85.